The second-order valence-electron chi connectivity index (χ2n) is 7.30. The van der Waals surface area contributed by atoms with Gasteiger partial charge in [-0.25, -0.2) is 4.98 Å². The number of nitrogens with one attached hydrogen (secondary N) is 1. The van der Waals surface area contributed by atoms with Crippen molar-refractivity contribution in [1.29, 1.82) is 0 Å². The number of para-hydroxylation sites is 2. The van der Waals surface area contributed by atoms with Crippen LogP contribution >= 0.6 is 0 Å². The summed E-state index contributed by atoms with van der Waals surface area (Å²) in [5.41, 5.74) is 3.29. The van der Waals surface area contributed by atoms with Crippen LogP contribution in [0.25, 0.3) is 11.0 Å². The van der Waals surface area contributed by atoms with Gasteiger partial charge in [0.1, 0.15) is 18.2 Å². The molecule has 0 spiro atoms. The molecule has 3 aromatic rings. The van der Waals surface area contributed by atoms with Gasteiger partial charge in [-0.05, 0) is 42.2 Å². The van der Waals surface area contributed by atoms with Gasteiger partial charge < -0.3 is 19.4 Å². The third kappa shape index (κ3) is 5.57. The van der Waals surface area contributed by atoms with E-state index in [1.807, 2.05) is 36.4 Å². The Balaban J connectivity index is 1.60. The monoisotopic (exact) mass is 395 g/mol. The molecule has 29 heavy (non-hydrogen) atoms. The third-order valence-corrected chi connectivity index (χ3v) is 4.79. The minimum atomic E-state index is -0.153. The van der Waals surface area contributed by atoms with Crippen molar-refractivity contribution >= 4 is 16.9 Å². The Morgan fingerprint density at radius 2 is 1.90 bits per heavy atom. The fourth-order valence-electron chi connectivity index (χ4n) is 3.23. The van der Waals surface area contributed by atoms with Crippen molar-refractivity contribution in [2.24, 2.45) is 0 Å². The second-order valence-corrected chi connectivity index (χ2v) is 7.30. The molecule has 6 heteroatoms. The zero-order chi connectivity index (χ0) is 20.6. The molecule has 6 nitrogen and oxygen atoms in total. The lowest BCUT2D eigenvalue weighted by molar-refractivity contribution is -0.124. The van der Waals surface area contributed by atoms with Crippen LogP contribution in [0.4, 0.5) is 0 Å². The van der Waals surface area contributed by atoms with Crippen molar-refractivity contribution in [3.63, 3.8) is 0 Å². The summed E-state index contributed by atoms with van der Waals surface area (Å²) >= 11 is 0. The molecule has 0 unspecified atom stereocenters. The first-order chi connectivity index (χ1) is 14.1. The van der Waals surface area contributed by atoms with Gasteiger partial charge in [-0.3, -0.25) is 4.79 Å². The maximum atomic E-state index is 11.7. The number of aryl methyl sites for hydroxylation is 1. The summed E-state index contributed by atoms with van der Waals surface area (Å²) in [7, 11) is 1.51. The Morgan fingerprint density at radius 3 is 2.62 bits per heavy atom. The number of hydrogen-bond donors (Lipinski definition) is 1. The summed E-state index contributed by atoms with van der Waals surface area (Å²) < 4.78 is 12.9. The molecule has 0 fully saturated rings. The van der Waals surface area contributed by atoms with Crippen LogP contribution in [-0.2, 0) is 22.6 Å². The van der Waals surface area contributed by atoms with Crippen LogP contribution in [0.5, 0.6) is 5.75 Å². The van der Waals surface area contributed by atoms with Crippen LogP contribution in [0.2, 0.25) is 0 Å². The first-order valence-electron chi connectivity index (χ1n) is 10.0. The Bertz CT molecular complexity index is 932. The van der Waals surface area contributed by atoms with Crippen LogP contribution in [0, 0.1) is 0 Å². The second kappa shape index (κ2) is 10.1. The molecule has 1 N–H and O–H groups in total. The molecule has 3 rings (SSSR count). The van der Waals surface area contributed by atoms with E-state index in [0.717, 1.165) is 35.6 Å². The number of methoxy groups -OCH3 is 1. The predicted molar refractivity (Wildman–Crippen MR) is 114 cm³/mol. The fraction of sp³-hybridized carbons (Fsp3) is 0.391. The number of rotatable bonds is 10. The maximum absolute atomic E-state index is 11.7. The minimum absolute atomic E-state index is 0.0453. The van der Waals surface area contributed by atoms with Crippen LogP contribution in [0.3, 0.4) is 0 Å². The summed E-state index contributed by atoms with van der Waals surface area (Å²) in [6.45, 7) is 6.16. The lowest BCUT2D eigenvalue weighted by atomic mass is 10.0. The zero-order valence-corrected chi connectivity index (χ0v) is 17.4. The first kappa shape index (κ1) is 20.9. The smallest absolute Gasteiger partial charge is 0.246 e. The highest BCUT2D eigenvalue weighted by Gasteiger charge is 2.11. The van der Waals surface area contributed by atoms with Gasteiger partial charge in [-0.1, -0.05) is 38.1 Å². The lowest BCUT2D eigenvalue weighted by Crippen LogP contribution is -2.28. The highest BCUT2D eigenvalue weighted by Crippen LogP contribution is 2.19. The van der Waals surface area contributed by atoms with Crippen LogP contribution in [-0.4, -0.2) is 35.8 Å². The van der Waals surface area contributed by atoms with E-state index in [-0.39, 0.29) is 12.5 Å². The van der Waals surface area contributed by atoms with E-state index in [0.29, 0.717) is 19.1 Å². The Kier molecular flexibility index (Phi) is 7.25. The van der Waals surface area contributed by atoms with E-state index >= 15 is 0 Å². The molecule has 1 aromatic heterocycles. The van der Waals surface area contributed by atoms with Gasteiger partial charge in [0.05, 0.1) is 24.2 Å². The van der Waals surface area contributed by atoms with Gasteiger partial charge in [-0.2, -0.15) is 0 Å². The highest BCUT2D eigenvalue weighted by molar-refractivity contribution is 5.78. The Labute approximate surface area is 171 Å². The fourth-order valence-corrected chi connectivity index (χ4v) is 3.23. The molecule has 0 saturated heterocycles. The largest absolute Gasteiger partial charge is 0.494 e. The van der Waals surface area contributed by atoms with Gasteiger partial charge in [0.2, 0.25) is 5.91 Å². The molecule has 1 amide bonds. The number of ether oxygens (including phenoxy) is 2. The number of fused-ring (bicyclic) bond motifs is 1. The number of carbonyl (C=O) groups is 1. The summed E-state index contributed by atoms with van der Waals surface area (Å²) in [4.78, 5) is 16.4. The quantitative estimate of drug-likeness (QED) is 0.529. The molecule has 0 aliphatic rings. The average Bonchev–Trinajstić information content (AvgIpc) is 3.08. The Hall–Kier alpha value is -2.86. The number of amides is 1. The number of hydrogen-bond acceptors (Lipinski definition) is 4. The van der Waals surface area contributed by atoms with Crippen molar-refractivity contribution in [2.45, 2.75) is 39.3 Å². The van der Waals surface area contributed by atoms with Crippen LogP contribution in [0.1, 0.15) is 37.6 Å². The minimum Gasteiger partial charge on any atom is -0.494 e. The molecule has 0 radical (unpaired) electrons. The molecule has 1 heterocycles. The van der Waals surface area contributed by atoms with E-state index < -0.39 is 0 Å². The first-order valence-corrected chi connectivity index (χ1v) is 10.0. The number of imidazole rings is 1. The topological polar surface area (TPSA) is 65.4 Å². The maximum Gasteiger partial charge on any atom is 0.246 e. The molecular weight excluding hydrogens is 366 g/mol. The number of carbonyl (C=O) groups excluding carboxylic acids is 1. The number of aromatic nitrogens is 2. The van der Waals surface area contributed by atoms with Crippen LogP contribution in [0.15, 0.2) is 48.5 Å². The zero-order valence-electron chi connectivity index (χ0n) is 17.4. The van der Waals surface area contributed by atoms with E-state index in [1.165, 1.54) is 12.7 Å². The summed E-state index contributed by atoms with van der Waals surface area (Å²) in [5, 5.41) is 2.85. The molecular formula is C23H29N3O3. The summed E-state index contributed by atoms with van der Waals surface area (Å²) in [5.74, 6) is 2.08. The van der Waals surface area contributed by atoms with Crippen molar-refractivity contribution in [2.75, 3.05) is 20.3 Å². The molecule has 0 atom stereocenters. The van der Waals surface area contributed by atoms with Gasteiger partial charge in [0.25, 0.3) is 0 Å². The predicted octanol–water partition coefficient (Wildman–Crippen LogP) is 3.89. The van der Waals surface area contributed by atoms with Gasteiger partial charge in [-0.15, -0.1) is 0 Å². The lowest BCUT2D eigenvalue weighted by Gasteiger charge is -2.12. The molecule has 154 valence electrons. The normalized spacial score (nSPS) is 11.2. The van der Waals surface area contributed by atoms with E-state index in [4.69, 9.17) is 9.47 Å². The van der Waals surface area contributed by atoms with Crippen molar-refractivity contribution in [3.8, 4) is 5.75 Å². The third-order valence-electron chi connectivity index (χ3n) is 4.79. The standard InChI is InChI=1S/C23H29N3O3/c1-17(2)18-9-11-19(12-10-18)29-14-6-13-26-21-8-5-4-7-20(21)25-22(26)15-24-23(27)16-28-3/h4-5,7-12,17H,6,13-16H2,1-3H3,(H,24,27). The van der Waals surface area contributed by atoms with E-state index in [9.17, 15) is 4.79 Å². The van der Waals surface area contributed by atoms with E-state index in [2.05, 4.69) is 40.8 Å². The van der Waals surface area contributed by atoms with Gasteiger partial charge in [0.15, 0.2) is 0 Å². The van der Waals surface area contributed by atoms with Gasteiger partial charge >= 0.3 is 0 Å². The molecule has 0 aliphatic heterocycles. The number of benzene rings is 2. The van der Waals surface area contributed by atoms with Crippen molar-refractivity contribution in [1.82, 2.24) is 14.9 Å². The van der Waals surface area contributed by atoms with Crippen molar-refractivity contribution in [3.05, 3.63) is 59.9 Å². The highest BCUT2D eigenvalue weighted by atomic mass is 16.5. The average molecular weight is 396 g/mol. The van der Waals surface area contributed by atoms with Gasteiger partial charge in [0, 0.05) is 13.7 Å². The Morgan fingerprint density at radius 1 is 1.14 bits per heavy atom. The number of nitrogens with zero attached hydrogens (tertiary/aromatic N) is 2. The molecule has 0 aliphatic carbocycles. The summed E-state index contributed by atoms with van der Waals surface area (Å²) in [6, 6.07) is 16.3. The molecule has 0 bridgehead atoms. The molecule has 0 saturated carbocycles. The van der Waals surface area contributed by atoms with E-state index in [1.54, 1.807) is 0 Å². The SMILES string of the molecule is COCC(=O)NCc1nc2ccccc2n1CCCOc1ccc(C(C)C)cc1. The molecule has 2 aromatic carbocycles. The van der Waals surface area contributed by atoms with Crippen molar-refractivity contribution < 1.29 is 14.3 Å². The van der Waals surface area contributed by atoms with Crippen LogP contribution < -0.4 is 10.1 Å². The summed E-state index contributed by atoms with van der Waals surface area (Å²) in [6.07, 6.45) is 0.839.